The minimum Gasteiger partial charge on any atom is -0.250 e. The van der Waals surface area contributed by atoms with E-state index in [-0.39, 0.29) is 0 Å². The van der Waals surface area contributed by atoms with Gasteiger partial charge in [0.25, 0.3) is 0 Å². The molecule has 4 nitrogen and oxygen atoms in total. The van der Waals surface area contributed by atoms with Crippen molar-refractivity contribution < 1.29 is 0 Å². The highest BCUT2D eigenvalue weighted by Crippen LogP contribution is 2.14. The van der Waals surface area contributed by atoms with Crippen molar-refractivity contribution in [3.05, 3.63) is 27.7 Å². The molecule has 2 heterocycles. The minimum absolute atomic E-state index is 0.509. The van der Waals surface area contributed by atoms with E-state index in [1.807, 2.05) is 5.38 Å². The molecular weight excluding hydrogens is 292 g/mol. The van der Waals surface area contributed by atoms with Gasteiger partial charge in [0.05, 0.1) is 16.6 Å². The topological polar surface area (TPSA) is 43.6 Å². The second kappa shape index (κ2) is 7.74. The molecule has 0 aliphatic heterocycles. The smallest absolute Gasteiger partial charge is 0.150 e. The number of hydrogen-bond acceptors (Lipinski definition) is 4. The summed E-state index contributed by atoms with van der Waals surface area (Å²) in [5.74, 6) is 2.56. The van der Waals surface area contributed by atoms with E-state index in [4.69, 9.17) is 11.6 Å². The van der Waals surface area contributed by atoms with E-state index in [0.29, 0.717) is 5.88 Å². The van der Waals surface area contributed by atoms with Crippen LogP contribution in [0.3, 0.4) is 0 Å². The van der Waals surface area contributed by atoms with Crippen LogP contribution in [-0.4, -0.2) is 19.7 Å². The molecule has 0 N–H and O–H groups in total. The van der Waals surface area contributed by atoms with Crippen LogP contribution in [0.2, 0.25) is 0 Å². The van der Waals surface area contributed by atoms with Gasteiger partial charge in [-0.3, -0.25) is 0 Å². The van der Waals surface area contributed by atoms with E-state index in [0.717, 1.165) is 56.0 Å². The van der Waals surface area contributed by atoms with Crippen molar-refractivity contribution in [3.8, 4) is 0 Å². The number of halogens is 1. The van der Waals surface area contributed by atoms with Crippen LogP contribution in [0.4, 0.5) is 0 Å². The van der Waals surface area contributed by atoms with E-state index in [1.165, 1.54) is 5.01 Å². The third kappa shape index (κ3) is 4.03. The first-order chi connectivity index (χ1) is 9.76. The molecule has 0 radical (unpaired) electrons. The summed E-state index contributed by atoms with van der Waals surface area (Å²) in [6.45, 7) is 5.17. The quantitative estimate of drug-likeness (QED) is 0.552. The molecule has 0 amide bonds. The van der Waals surface area contributed by atoms with Gasteiger partial charge in [-0.25, -0.2) is 14.6 Å². The molecule has 0 saturated carbocycles. The van der Waals surface area contributed by atoms with Gasteiger partial charge in [-0.05, 0) is 19.3 Å². The van der Waals surface area contributed by atoms with Crippen LogP contribution in [0.1, 0.15) is 49.0 Å². The van der Waals surface area contributed by atoms with Crippen molar-refractivity contribution in [1.82, 2.24) is 19.7 Å². The summed E-state index contributed by atoms with van der Waals surface area (Å²) >= 11 is 7.46. The van der Waals surface area contributed by atoms with Gasteiger partial charge in [-0.15, -0.1) is 22.9 Å². The number of nitrogens with zero attached hydrogens (tertiary/aromatic N) is 4. The molecule has 2 aromatic rings. The number of alkyl halides is 1. The molecule has 0 aromatic carbocycles. The molecule has 20 heavy (non-hydrogen) atoms. The predicted molar refractivity (Wildman–Crippen MR) is 83.4 cm³/mol. The van der Waals surface area contributed by atoms with Gasteiger partial charge >= 0.3 is 0 Å². The first-order valence-corrected chi connectivity index (χ1v) is 8.60. The van der Waals surface area contributed by atoms with Crippen LogP contribution >= 0.6 is 22.9 Å². The zero-order chi connectivity index (χ0) is 14.4. The van der Waals surface area contributed by atoms with Crippen LogP contribution in [0.15, 0.2) is 5.38 Å². The Hall–Kier alpha value is -0.940. The minimum atomic E-state index is 0.509. The predicted octanol–water partition coefficient (Wildman–Crippen LogP) is 3.62. The van der Waals surface area contributed by atoms with Gasteiger partial charge in [0, 0.05) is 24.8 Å². The Bertz CT molecular complexity index is 535. The van der Waals surface area contributed by atoms with Crippen molar-refractivity contribution in [2.45, 2.75) is 58.4 Å². The number of aryl methyl sites for hydroxylation is 4. The van der Waals surface area contributed by atoms with E-state index in [9.17, 15) is 0 Å². The molecule has 6 heteroatoms. The summed E-state index contributed by atoms with van der Waals surface area (Å²) in [4.78, 5) is 9.00. The highest BCUT2D eigenvalue weighted by atomic mass is 35.5. The van der Waals surface area contributed by atoms with Gasteiger partial charge in [-0.2, -0.15) is 5.10 Å². The van der Waals surface area contributed by atoms with E-state index >= 15 is 0 Å². The van der Waals surface area contributed by atoms with E-state index in [2.05, 4.69) is 33.6 Å². The van der Waals surface area contributed by atoms with Crippen LogP contribution in [0.5, 0.6) is 0 Å². The maximum absolute atomic E-state index is 5.76. The molecule has 2 rings (SSSR count). The lowest BCUT2D eigenvalue weighted by molar-refractivity contribution is 0.532. The molecule has 0 aliphatic rings. The second-order valence-corrected chi connectivity index (χ2v) is 5.91. The molecule has 0 aliphatic carbocycles. The Balaban J connectivity index is 1.79. The van der Waals surface area contributed by atoms with Crippen molar-refractivity contribution in [1.29, 1.82) is 0 Å². The summed E-state index contributed by atoms with van der Waals surface area (Å²) in [6.07, 6.45) is 5.10. The van der Waals surface area contributed by atoms with Crippen LogP contribution in [-0.2, 0) is 31.7 Å². The third-order valence-corrected chi connectivity index (χ3v) is 4.40. The average molecular weight is 313 g/mol. The van der Waals surface area contributed by atoms with Crippen LogP contribution < -0.4 is 0 Å². The van der Waals surface area contributed by atoms with Gasteiger partial charge < -0.3 is 0 Å². The normalized spacial score (nSPS) is 11.2. The lowest BCUT2D eigenvalue weighted by Gasteiger charge is -2.03. The van der Waals surface area contributed by atoms with Crippen molar-refractivity contribution >= 4 is 22.9 Å². The summed E-state index contributed by atoms with van der Waals surface area (Å²) in [6, 6.07) is 0. The van der Waals surface area contributed by atoms with Crippen LogP contribution in [0, 0.1) is 0 Å². The molecule has 0 unspecified atom stereocenters. The average Bonchev–Trinajstić information content (AvgIpc) is 3.09. The summed E-state index contributed by atoms with van der Waals surface area (Å²) in [5.41, 5.74) is 0.990. The highest BCUT2D eigenvalue weighted by molar-refractivity contribution is 7.09. The second-order valence-electron chi connectivity index (χ2n) is 4.70. The van der Waals surface area contributed by atoms with Crippen molar-refractivity contribution in [2.24, 2.45) is 0 Å². The molecule has 0 spiro atoms. The van der Waals surface area contributed by atoms with Gasteiger partial charge in [0.2, 0.25) is 0 Å². The fraction of sp³-hybridized carbons (Fsp3) is 0.643. The molecule has 0 fully saturated rings. The Morgan fingerprint density at radius 1 is 1.20 bits per heavy atom. The van der Waals surface area contributed by atoms with Gasteiger partial charge in [-0.1, -0.05) is 13.8 Å². The van der Waals surface area contributed by atoms with Gasteiger partial charge in [0.1, 0.15) is 5.82 Å². The standard InChI is InChI=1S/C14H21ClN4S/c1-3-12-17-13(4-2)19(18-12)8-6-5-7-14-16-11(9-15)10-20-14/h10H,3-9H2,1-2H3. The molecule has 110 valence electrons. The maximum Gasteiger partial charge on any atom is 0.150 e. The largest absolute Gasteiger partial charge is 0.250 e. The van der Waals surface area contributed by atoms with E-state index < -0.39 is 0 Å². The molecule has 0 bridgehead atoms. The SMILES string of the molecule is CCc1nc(CC)n(CCCCc2nc(CCl)cs2)n1. The molecule has 2 aromatic heterocycles. The third-order valence-electron chi connectivity index (χ3n) is 3.17. The Kier molecular flexibility index (Phi) is 5.98. The van der Waals surface area contributed by atoms with Crippen molar-refractivity contribution in [3.63, 3.8) is 0 Å². The maximum atomic E-state index is 5.76. The summed E-state index contributed by atoms with van der Waals surface area (Å²) < 4.78 is 2.06. The number of thiazole rings is 1. The monoisotopic (exact) mass is 312 g/mol. The summed E-state index contributed by atoms with van der Waals surface area (Å²) in [5, 5.41) is 7.77. The van der Waals surface area contributed by atoms with Crippen LogP contribution in [0.25, 0.3) is 0 Å². The Labute approximate surface area is 129 Å². The Morgan fingerprint density at radius 2 is 2.05 bits per heavy atom. The Morgan fingerprint density at radius 3 is 2.70 bits per heavy atom. The van der Waals surface area contributed by atoms with Gasteiger partial charge in [0.15, 0.2) is 5.82 Å². The lowest BCUT2D eigenvalue weighted by atomic mass is 10.2. The molecular formula is C14H21ClN4S. The van der Waals surface area contributed by atoms with Crippen molar-refractivity contribution in [2.75, 3.05) is 0 Å². The summed E-state index contributed by atoms with van der Waals surface area (Å²) in [7, 11) is 0. The first kappa shape index (κ1) is 15.4. The molecule has 0 saturated heterocycles. The zero-order valence-electron chi connectivity index (χ0n) is 12.1. The lowest BCUT2D eigenvalue weighted by Crippen LogP contribution is -2.05. The fourth-order valence-electron chi connectivity index (χ4n) is 2.08. The first-order valence-electron chi connectivity index (χ1n) is 7.18. The number of aromatic nitrogens is 4. The number of hydrogen-bond donors (Lipinski definition) is 0. The fourth-order valence-corrected chi connectivity index (χ4v) is 3.15. The van der Waals surface area contributed by atoms with E-state index in [1.54, 1.807) is 11.3 Å². The number of rotatable bonds is 8. The highest BCUT2D eigenvalue weighted by Gasteiger charge is 2.07. The zero-order valence-corrected chi connectivity index (χ0v) is 13.7. The molecule has 0 atom stereocenters. The number of unbranched alkanes of at least 4 members (excludes halogenated alkanes) is 1.